The predicted molar refractivity (Wildman–Crippen MR) is 65.2 cm³/mol. The molecule has 1 N–H and O–H groups in total. The molecule has 6 nitrogen and oxygen atoms in total. The highest BCUT2D eigenvalue weighted by atomic mass is 16.5. The summed E-state index contributed by atoms with van der Waals surface area (Å²) in [4.78, 5) is 33.9. The molecule has 0 fully saturated rings. The van der Waals surface area contributed by atoms with Crippen molar-refractivity contribution in [2.45, 2.75) is 26.2 Å². The van der Waals surface area contributed by atoms with Gasteiger partial charge in [0.05, 0.1) is 13.5 Å². The zero-order valence-corrected chi connectivity index (χ0v) is 11.0. The molecule has 1 rings (SSSR count). The van der Waals surface area contributed by atoms with Crippen molar-refractivity contribution in [3.05, 3.63) is 12.2 Å². The van der Waals surface area contributed by atoms with E-state index in [1.807, 2.05) is 6.08 Å². The Bertz CT molecular complexity index is 400. The number of ether oxygens (including phenoxy) is 2. The first-order chi connectivity index (χ1) is 8.92. The molecule has 0 aliphatic heterocycles. The minimum atomic E-state index is -1.10. The minimum absolute atomic E-state index is 0.155. The minimum Gasteiger partial charge on any atom is -0.481 e. The van der Waals surface area contributed by atoms with E-state index >= 15 is 0 Å². The van der Waals surface area contributed by atoms with Gasteiger partial charge in [-0.1, -0.05) is 12.2 Å². The van der Waals surface area contributed by atoms with Crippen LogP contribution in [0.5, 0.6) is 0 Å². The van der Waals surface area contributed by atoms with Gasteiger partial charge in [0.1, 0.15) is 12.0 Å². The van der Waals surface area contributed by atoms with Crippen LogP contribution >= 0.6 is 0 Å². The van der Waals surface area contributed by atoms with Crippen LogP contribution in [-0.4, -0.2) is 36.7 Å². The number of aliphatic carboxylic acids is 1. The van der Waals surface area contributed by atoms with E-state index in [0.29, 0.717) is 12.8 Å². The van der Waals surface area contributed by atoms with Crippen molar-refractivity contribution in [2.24, 2.45) is 11.3 Å². The van der Waals surface area contributed by atoms with E-state index in [9.17, 15) is 14.4 Å². The second-order valence-corrected chi connectivity index (χ2v) is 4.60. The van der Waals surface area contributed by atoms with Crippen LogP contribution < -0.4 is 0 Å². The van der Waals surface area contributed by atoms with E-state index in [1.54, 1.807) is 6.08 Å². The molecule has 0 heterocycles. The van der Waals surface area contributed by atoms with E-state index in [0.717, 1.165) is 0 Å². The number of hydrogen-bond acceptors (Lipinski definition) is 5. The van der Waals surface area contributed by atoms with Crippen molar-refractivity contribution in [1.82, 2.24) is 0 Å². The predicted octanol–water partition coefficient (Wildman–Crippen LogP) is 1.15. The summed E-state index contributed by atoms with van der Waals surface area (Å²) in [6, 6.07) is 0. The first-order valence-corrected chi connectivity index (χ1v) is 6.02. The summed E-state index contributed by atoms with van der Waals surface area (Å²) >= 11 is 0. The molecule has 0 amide bonds. The summed E-state index contributed by atoms with van der Waals surface area (Å²) in [7, 11) is 1.24. The Morgan fingerprint density at radius 2 is 2.11 bits per heavy atom. The van der Waals surface area contributed by atoms with Crippen LogP contribution in [0, 0.1) is 11.3 Å². The fourth-order valence-corrected chi connectivity index (χ4v) is 2.35. The molecule has 1 aliphatic rings. The third-order valence-electron chi connectivity index (χ3n) is 3.35. The Balaban J connectivity index is 3.03. The highest BCUT2D eigenvalue weighted by molar-refractivity contribution is 5.80. The molecule has 0 aromatic heterocycles. The molecule has 2 atom stereocenters. The van der Waals surface area contributed by atoms with E-state index in [1.165, 1.54) is 14.0 Å². The quantitative estimate of drug-likeness (QED) is 0.595. The van der Waals surface area contributed by atoms with Crippen molar-refractivity contribution < 1.29 is 29.0 Å². The highest BCUT2D eigenvalue weighted by Crippen LogP contribution is 2.41. The molecule has 0 radical (unpaired) electrons. The number of methoxy groups -OCH3 is 1. The third kappa shape index (κ3) is 3.56. The summed E-state index contributed by atoms with van der Waals surface area (Å²) in [5, 5.41) is 8.94. The molecule has 0 saturated heterocycles. The van der Waals surface area contributed by atoms with E-state index < -0.39 is 29.2 Å². The number of carbonyl (C=O) groups excluding carboxylic acids is 2. The molecule has 0 bridgehead atoms. The van der Waals surface area contributed by atoms with Gasteiger partial charge < -0.3 is 14.6 Å². The standard InChI is InChI=1S/C13H18O6/c1-9(14)19-8-13(12(17)18-2)6-4-3-5-10(13)7-11(15)16/h3,5,10H,4,6-8H2,1-2H3,(H,15,16)/t10-,13+/m1/s1. The zero-order valence-electron chi connectivity index (χ0n) is 11.0. The van der Waals surface area contributed by atoms with Gasteiger partial charge >= 0.3 is 17.9 Å². The largest absolute Gasteiger partial charge is 0.481 e. The van der Waals surface area contributed by atoms with Crippen LogP contribution in [-0.2, 0) is 23.9 Å². The van der Waals surface area contributed by atoms with Gasteiger partial charge in [0, 0.05) is 12.8 Å². The smallest absolute Gasteiger partial charge is 0.315 e. The van der Waals surface area contributed by atoms with E-state index in [4.69, 9.17) is 14.6 Å². The molecule has 19 heavy (non-hydrogen) atoms. The maximum absolute atomic E-state index is 12.1. The maximum atomic E-state index is 12.1. The zero-order chi connectivity index (χ0) is 14.5. The van der Waals surface area contributed by atoms with Crippen LogP contribution in [0.25, 0.3) is 0 Å². The molecule has 0 unspecified atom stereocenters. The first-order valence-electron chi connectivity index (χ1n) is 6.02. The van der Waals surface area contributed by atoms with E-state index in [-0.39, 0.29) is 13.0 Å². The van der Waals surface area contributed by atoms with Crippen molar-refractivity contribution in [3.63, 3.8) is 0 Å². The number of carboxylic acids is 1. The van der Waals surface area contributed by atoms with Gasteiger partial charge in [-0.05, 0) is 12.8 Å². The van der Waals surface area contributed by atoms with Crippen LogP contribution in [0.4, 0.5) is 0 Å². The SMILES string of the molecule is COC(=O)[C@]1(COC(C)=O)CCC=C[C@@H]1CC(=O)O. The number of allylic oxidation sites excluding steroid dienone is 2. The molecule has 0 aromatic rings. The fraction of sp³-hybridized carbons (Fsp3) is 0.615. The van der Waals surface area contributed by atoms with Crippen molar-refractivity contribution in [3.8, 4) is 0 Å². The second kappa shape index (κ2) is 6.36. The lowest BCUT2D eigenvalue weighted by molar-refractivity contribution is -0.166. The summed E-state index contributed by atoms with van der Waals surface area (Å²) in [6.07, 6.45) is 4.35. The summed E-state index contributed by atoms with van der Waals surface area (Å²) in [5.74, 6) is -2.59. The van der Waals surface area contributed by atoms with Crippen molar-refractivity contribution in [2.75, 3.05) is 13.7 Å². The highest BCUT2D eigenvalue weighted by Gasteiger charge is 2.48. The number of carbonyl (C=O) groups is 3. The van der Waals surface area contributed by atoms with Crippen LogP contribution in [0.3, 0.4) is 0 Å². The second-order valence-electron chi connectivity index (χ2n) is 4.60. The Hall–Kier alpha value is -1.85. The van der Waals surface area contributed by atoms with Gasteiger partial charge in [-0.2, -0.15) is 0 Å². The van der Waals surface area contributed by atoms with Crippen LogP contribution in [0.15, 0.2) is 12.2 Å². The van der Waals surface area contributed by atoms with Crippen molar-refractivity contribution >= 4 is 17.9 Å². The lowest BCUT2D eigenvalue weighted by atomic mass is 9.68. The lowest BCUT2D eigenvalue weighted by Crippen LogP contribution is -2.45. The molecule has 0 saturated carbocycles. The van der Waals surface area contributed by atoms with Crippen LogP contribution in [0.2, 0.25) is 0 Å². The fourth-order valence-electron chi connectivity index (χ4n) is 2.35. The average Bonchev–Trinajstić information content (AvgIpc) is 2.36. The topological polar surface area (TPSA) is 89.9 Å². The Labute approximate surface area is 111 Å². The van der Waals surface area contributed by atoms with Gasteiger partial charge in [-0.15, -0.1) is 0 Å². The first kappa shape index (κ1) is 15.2. The summed E-state index contributed by atoms with van der Waals surface area (Å²) in [6.45, 7) is 1.09. The number of rotatable bonds is 5. The molecular weight excluding hydrogens is 252 g/mol. The average molecular weight is 270 g/mol. The molecule has 0 aromatic carbocycles. The molecule has 6 heteroatoms. The molecule has 0 spiro atoms. The normalized spacial score (nSPS) is 25.7. The Kier molecular flexibility index (Phi) is 5.09. The summed E-state index contributed by atoms with van der Waals surface area (Å²) in [5.41, 5.74) is -1.10. The maximum Gasteiger partial charge on any atom is 0.315 e. The number of hydrogen-bond donors (Lipinski definition) is 1. The summed E-state index contributed by atoms with van der Waals surface area (Å²) < 4.78 is 9.73. The number of esters is 2. The van der Waals surface area contributed by atoms with Gasteiger partial charge in [-0.3, -0.25) is 14.4 Å². The lowest BCUT2D eigenvalue weighted by Gasteiger charge is -2.37. The monoisotopic (exact) mass is 270 g/mol. The van der Waals surface area contributed by atoms with Gasteiger partial charge in [0.15, 0.2) is 0 Å². The van der Waals surface area contributed by atoms with Crippen molar-refractivity contribution in [1.29, 1.82) is 0 Å². The van der Waals surface area contributed by atoms with Gasteiger partial charge in [-0.25, -0.2) is 0 Å². The molecule has 106 valence electrons. The Morgan fingerprint density at radius 3 is 2.63 bits per heavy atom. The molecular formula is C13H18O6. The number of carboxylic acid groups (broad SMARTS) is 1. The molecule has 1 aliphatic carbocycles. The third-order valence-corrected chi connectivity index (χ3v) is 3.35. The van der Waals surface area contributed by atoms with Crippen LogP contribution in [0.1, 0.15) is 26.2 Å². The van der Waals surface area contributed by atoms with Gasteiger partial charge in [0.25, 0.3) is 0 Å². The Morgan fingerprint density at radius 1 is 1.42 bits per heavy atom. The van der Waals surface area contributed by atoms with Gasteiger partial charge in [0.2, 0.25) is 0 Å². The van der Waals surface area contributed by atoms with E-state index in [2.05, 4.69) is 0 Å².